The van der Waals surface area contributed by atoms with E-state index < -0.39 is 0 Å². The lowest BCUT2D eigenvalue weighted by Crippen LogP contribution is -1.84. The number of nitrogens with one attached hydrogen (secondary N) is 1. The largest absolute Gasteiger partial charge is 0.346 e. The van der Waals surface area contributed by atoms with Crippen molar-refractivity contribution in [3.05, 3.63) is 55.4 Å². The molecule has 0 aliphatic heterocycles. The van der Waals surface area contributed by atoms with Crippen LogP contribution < -0.4 is 0 Å². The van der Waals surface area contributed by atoms with Crippen LogP contribution >= 0.6 is 0 Å². The zero-order chi connectivity index (χ0) is 12.7. The van der Waals surface area contributed by atoms with Gasteiger partial charge in [-0.15, -0.1) is 0 Å². The third-order valence-corrected chi connectivity index (χ3v) is 3.30. The third kappa shape index (κ3) is 1.50. The van der Waals surface area contributed by atoms with E-state index in [1.165, 1.54) is 0 Å². The Morgan fingerprint density at radius 2 is 1.79 bits per heavy atom. The molecule has 0 bridgehead atoms. The maximum absolute atomic E-state index is 4.32. The van der Waals surface area contributed by atoms with Gasteiger partial charge in [0.15, 0.2) is 0 Å². The maximum atomic E-state index is 4.32. The van der Waals surface area contributed by atoms with E-state index in [1.54, 1.807) is 12.4 Å². The van der Waals surface area contributed by atoms with Crippen molar-refractivity contribution in [1.29, 1.82) is 0 Å². The van der Waals surface area contributed by atoms with Crippen LogP contribution in [0.2, 0.25) is 0 Å². The molecule has 0 unspecified atom stereocenters. The van der Waals surface area contributed by atoms with E-state index in [9.17, 15) is 0 Å². The monoisotopic (exact) mass is 246 g/mol. The summed E-state index contributed by atoms with van der Waals surface area (Å²) in [5, 5.41) is 3.29. The minimum Gasteiger partial charge on any atom is -0.346 e. The van der Waals surface area contributed by atoms with E-state index in [0.29, 0.717) is 0 Å². The average Bonchev–Trinajstić information content (AvgIpc) is 2.90. The van der Waals surface area contributed by atoms with Gasteiger partial charge < -0.3 is 4.98 Å². The fourth-order valence-electron chi connectivity index (χ4n) is 2.41. The summed E-state index contributed by atoms with van der Waals surface area (Å²) in [5.74, 6) is 0. The number of aromatic nitrogens is 4. The van der Waals surface area contributed by atoms with E-state index >= 15 is 0 Å². The van der Waals surface area contributed by atoms with Gasteiger partial charge in [0.25, 0.3) is 0 Å². The summed E-state index contributed by atoms with van der Waals surface area (Å²) in [6.07, 6.45) is 11.1. The SMILES string of the molecule is c1cnc2[nH]cc(-c3cncc4cnccc34)c2c1. The average molecular weight is 246 g/mol. The Morgan fingerprint density at radius 1 is 0.842 bits per heavy atom. The molecule has 19 heavy (non-hydrogen) atoms. The van der Waals surface area contributed by atoms with Gasteiger partial charge >= 0.3 is 0 Å². The van der Waals surface area contributed by atoms with Crippen molar-refractivity contribution in [2.75, 3.05) is 0 Å². The minimum absolute atomic E-state index is 0.892. The Balaban J connectivity index is 2.10. The molecule has 4 heterocycles. The van der Waals surface area contributed by atoms with Gasteiger partial charge in [-0.25, -0.2) is 4.98 Å². The van der Waals surface area contributed by atoms with Crippen LogP contribution in [0.3, 0.4) is 0 Å². The summed E-state index contributed by atoms with van der Waals surface area (Å²) >= 11 is 0. The van der Waals surface area contributed by atoms with Gasteiger partial charge in [-0.3, -0.25) is 9.97 Å². The van der Waals surface area contributed by atoms with Gasteiger partial charge in [0.05, 0.1) is 0 Å². The third-order valence-electron chi connectivity index (χ3n) is 3.30. The van der Waals surface area contributed by atoms with Crippen LogP contribution in [-0.2, 0) is 0 Å². The van der Waals surface area contributed by atoms with E-state index in [0.717, 1.165) is 32.9 Å². The number of aromatic amines is 1. The topological polar surface area (TPSA) is 54.5 Å². The molecule has 0 atom stereocenters. The molecular weight excluding hydrogens is 236 g/mol. The molecule has 0 spiro atoms. The number of hydrogen-bond acceptors (Lipinski definition) is 3. The minimum atomic E-state index is 0.892. The molecule has 0 aromatic carbocycles. The smallest absolute Gasteiger partial charge is 0.137 e. The molecule has 4 aromatic heterocycles. The predicted molar refractivity (Wildman–Crippen MR) is 74.6 cm³/mol. The molecule has 1 N–H and O–H groups in total. The van der Waals surface area contributed by atoms with E-state index in [4.69, 9.17) is 0 Å². The number of rotatable bonds is 1. The van der Waals surface area contributed by atoms with Crippen molar-refractivity contribution >= 4 is 21.8 Å². The second-order valence-electron chi connectivity index (χ2n) is 4.39. The number of hydrogen-bond donors (Lipinski definition) is 1. The molecule has 4 rings (SSSR count). The van der Waals surface area contributed by atoms with Gasteiger partial charge in [-0.05, 0) is 23.6 Å². The van der Waals surface area contributed by atoms with Crippen LogP contribution in [0.15, 0.2) is 55.4 Å². The summed E-state index contributed by atoms with van der Waals surface area (Å²) < 4.78 is 0. The highest BCUT2D eigenvalue weighted by atomic mass is 14.8. The first kappa shape index (κ1) is 10.2. The molecule has 0 radical (unpaired) electrons. The molecule has 0 saturated carbocycles. The number of nitrogens with zero attached hydrogens (tertiary/aromatic N) is 3. The second kappa shape index (κ2) is 3.88. The number of pyridine rings is 3. The van der Waals surface area contributed by atoms with Crippen molar-refractivity contribution < 1.29 is 0 Å². The first-order chi connectivity index (χ1) is 9.43. The Bertz CT molecular complexity index is 874. The van der Waals surface area contributed by atoms with E-state index in [2.05, 4.69) is 26.0 Å². The molecule has 0 amide bonds. The zero-order valence-electron chi connectivity index (χ0n) is 10.0. The molecule has 4 aromatic rings. The van der Waals surface area contributed by atoms with Gasteiger partial charge in [0.1, 0.15) is 5.65 Å². The zero-order valence-corrected chi connectivity index (χ0v) is 10.0. The molecule has 90 valence electrons. The van der Waals surface area contributed by atoms with Gasteiger partial charge in [0.2, 0.25) is 0 Å². The van der Waals surface area contributed by atoms with Gasteiger partial charge in [-0.2, -0.15) is 0 Å². The highest BCUT2D eigenvalue weighted by Gasteiger charge is 2.09. The first-order valence-corrected chi connectivity index (χ1v) is 6.04. The molecule has 0 aliphatic rings. The van der Waals surface area contributed by atoms with Crippen LogP contribution in [0.4, 0.5) is 0 Å². The van der Waals surface area contributed by atoms with Crippen LogP contribution in [0, 0.1) is 0 Å². The summed E-state index contributed by atoms with van der Waals surface area (Å²) in [5.41, 5.74) is 3.11. The normalized spacial score (nSPS) is 11.2. The lowest BCUT2D eigenvalue weighted by Gasteiger charge is -2.04. The Kier molecular flexibility index (Phi) is 2.08. The van der Waals surface area contributed by atoms with Crippen LogP contribution in [0.1, 0.15) is 0 Å². The summed E-state index contributed by atoms with van der Waals surface area (Å²) in [7, 11) is 0. The molecule has 4 heteroatoms. The van der Waals surface area contributed by atoms with E-state index in [1.807, 2.05) is 36.9 Å². The number of fused-ring (bicyclic) bond motifs is 2. The lowest BCUT2D eigenvalue weighted by atomic mass is 10.0. The van der Waals surface area contributed by atoms with Gasteiger partial charge in [0, 0.05) is 59.1 Å². The summed E-state index contributed by atoms with van der Waals surface area (Å²) in [6, 6.07) is 6.02. The molecule has 0 aliphatic carbocycles. The Labute approximate surface area is 109 Å². The molecule has 4 nitrogen and oxygen atoms in total. The molecule has 0 saturated heterocycles. The number of H-pyrrole nitrogens is 1. The summed E-state index contributed by atoms with van der Waals surface area (Å²) in [4.78, 5) is 16.0. The van der Waals surface area contributed by atoms with Crippen LogP contribution in [-0.4, -0.2) is 19.9 Å². The van der Waals surface area contributed by atoms with Crippen molar-refractivity contribution in [3.8, 4) is 11.1 Å². The van der Waals surface area contributed by atoms with Crippen molar-refractivity contribution in [1.82, 2.24) is 19.9 Å². The molecule has 0 fully saturated rings. The van der Waals surface area contributed by atoms with E-state index in [-0.39, 0.29) is 0 Å². The van der Waals surface area contributed by atoms with Crippen molar-refractivity contribution in [3.63, 3.8) is 0 Å². The van der Waals surface area contributed by atoms with Crippen LogP contribution in [0.5, 0.6) is 0 Å². The van der Waals surface area contributed by atoms with Crippen molar-refractivity contribution in [2.45, 2.75) is 0 Å². The fraction of sp³-hybridized carbons (Fsp3) is 0. The standard InChI is InChI=1S/C15H10N4/c1-2-12-14(9-19-15(12)18-4-1)13-8-17-7-10-6-16-5-3-11(10)13/h1-9H,(H,18,19). The maximum Gasteiger partial charge on any atom is 0.137 e. The second-order valence-corrected chi connectivity index (χ2v) is 4.39. The first-order valence-electron chi connectivity index (χ1n) is 6.04. The van der Waals surface area contributed by atoms with Crippen molar-refractivity contribution in [2.24, 2.45) is 0 Å². The highest BCUT2D eigenvalue weighted by Crippen LogP contribution is 2.31. The quantitative estimate of drug-likeness (QED) is 0.561. The Morgan fingerprint density at radius 3 is 2.79 bits per heavy atom. The Hall–Kier alpha value is -2.75. The molecular formula is C15H10N4. The predicted octanol–water partition coefficient (Wildman–Crippen LogP) is 3.17. The van der Waals surface area contributed by atoms with Crippen LogP contribution in [0.25, 0.3) is 32.9 Å². The summed E-state index contributed by atoms with van der Waals surface area (Å²) in [6.45, 7) is 0. The lowest BCUT2D eigenvalue weighted by molar-refractivity contribution is 1.32. The fourth-order valence-corrected chi connectivity index (χ4v) is 2.41. The van der Waals surface area contributed by atoms with Gasteiger partial charge in [-0.1, -0.05) is 0 Å². The highest BCUT2D eigenvalue weighted by molar-refractivity contribution is 6.03.